The van der Waals surface area contributed by atoms with Crippen LogP contribution in [0.4, 0.5) is 5.13 Å². The zero-order valence-corrected chi connectivity index (χ0v) is 18.5. The molecular weight excluding hydrogens is 404 g/mol. The lowest BCUT2D eigenvalue weighted by atomic mass is 9.95. The van der Waals surface area contributed by atoms with Gasteiger partial charge in [0.25, 0.3) is 5.91 Å². The molecule has 2 saturated heterocycles. The second kappa shape index (κ2) is 9.45. The smallest absolute Gasteiger partial charge is 0.263 e. The zero-order valence-electron chi connectivity index (χ0n) is 16.9. The van der Waals surface area contributed by atoms with E-state index < -0.39 is 0 Å². The number of thiazole rings is 1. The summed E-state index contributed by atoms with van der Waals surface area (Å²) in [5, 5.41) is 4.60. The van der Waals surface area contributed by atoms with E-state index in [0.29, 0.717) is 22.5 Å². The first-order valence-electron chi connectivity index (χ1n) is 10.6. The van der Waals surface area contributed by atoms with Gasteiger partial charge in [0.15, 0.2) is 5.13 Å². The topological polar surface area (TPSA) is 48.5 Å². The van der Waals surface area contributed by atoms with Crippen molar-refractivity contribution in [3.63, 3.8) is 0 Å². The summed E-state index contributed by atoms with van der Waals surface area (Å²) in [7, 11) is 0. The molecule has 1 amide bonds. The van der Waals surface area contributed by atoms with Gasteiger partial charge in [0.2, 0.25) is 0 Å². The van der Waals surface area contributed by atoms with Crippen LogP contribution in [0.5, 0.6) is 0 Å². The molecular formula is C22H29ClN4OS. The van der Waals surface area contributed by atoms with Gasteiger partial charge in [0, 0.05) is 37.2 Å². The van der Waals surface area contributed by atoms with Crippen LogP contribution in [0.15, 0.2) is 30.5 Å². The first kappa shape index (κ1) is 20.6. The summed E-state index contributed by atoms with van der Waals surface area (Å²) in [5.74, 6) is 0.750. The van der Waals surface area contributed by atoms with Crippen molar-refractivity contribution in [1.29, 1.82) is 0 Å². The van der Waals surface area contributed by atoms with Crippen molar-refractivity contribution in [3.8, 4) is 0 Å². The second-order valence-electron chi connectivity index (χ2n) is 8.28. The van der Waals surface area contributed by atoms with Crippen molar-refractivity contribution in [1.82, 2.24) is 15.2 Å². The molecule has 0 aliphatic carbocycles. The van der Waals surface area contributed by atoms with Crippen LogP contribution in [0.25, 0.3) is 0 Å². The third-order valence-corrected chi connectivity index (χ3v) is 7.29. The minimum Gasteiger partial charge on any atom is -0.348 e. The minimum atomic E-state index is -0.0779. The predicted molar refractivity (Wildman–Crippen MR) is 120 cm³/mol. The van der Waals surface area contributed by atoms with E-state index in [2.05, 4.69) is 27.0 Å². The lowest BCUT2D eigenvalue weighted by Crippen LogP contribution is -2.48. The first-order chi connectivity index (χ1) is 14.1. The van der Waals surface area contributed by atoms with Crippen LogP contribution in [0.3, 0.4) is 0 Å². The van der Waals surface area contributed by atoms with Crippen LogP contribution >= 0.6 is 22.9 Å². The van der Waals surface area contributed by atoms with E-state index in [0.717, 1.165) is 29.7 Å². The molecule has 2 aliphatic heterocycles. The second-order valence-corrected chi connectivity index (χ2v) is 9.73. The van der Waals surface area contributed by atoms with Crippen LogP contribution in [0, 0.1) is 5.92 Å². The summed E-state index contributed by atoms with van der Waals surface area (Å²) < 4.78 is 0. The fourth-order valence-corrected chi connectivity index (χ4v) is 5.51. The third-order valence-electron chi connectivity index (χ3n) is 6.00. The number of amides is 1. The lowest BCUT2D eigenvalue weighted by molar-refractivity contribution is 0.0954. The molecule has 1 atom stereocenters. The van der Waals surface area contributed by atoms with Crippen molar-refractivity contribution in [3.05, 3.63) is 45.9 Å². The number of aromatic nitrogens is 1. The van der Waals surface area contributed by atoms with Gasteiger partial charge >= 0.3 is 0 Å². The Morgan fingerprint density at radius 2 is 2.10 bits per heavy atom. The molecule has 2 aliphatic rings. The maximum absolute atomic E-state index is 12.5. The molecule has 156 valence electrons. The standard InChI is InChI=1S/C22H29ClN4OS/c1-16-4-3-9-27(15-16)19-7-10-26(11-8-19)22-25-14-20(29-22)21(28)24-13-17-5-2-6-18(23)12-17/h2,5-6,12,14,16,19H,3-4,7-11,13,15H2,1H3,(H,24,28)/t16-/m1/s1. The van der Waals surface area contributed by atoms with Crippen LogP contribution in [0.1, 0.15) is 47.8 Å². The fraction of sp³-hybridized carbons (Fsp3) is 0.545. The van der Waals surface area contributed by atoms with E-state index in [-0.39, 0.29) is 5.91 Å². The van der Waals surface area contributed by atoms with E-state index in [1.165, 1.54) is 50.1 Å². The van der Waals surface area contributed by atoms with Gasteiger partial charge in [-0.3, -0.25) is 9.69 Å². The number of halogens is 1. The Labute approximate surface area is 182 Å². The summed E-state index contributed by atoms with van der Waals surface area (Å²) in [6.45, 7) is 7.38. The number of hydrogen-bond donors (Lipinski definition) is 1. The Morgan fingerprint density at radius 3 is 2.86 bits per heavy atom. The summed E-state index contributed by atoms with van der Waals surface area (Å²) in [6, 6.07) is 8.25. The molecule has 0 spiro atoms. The molecule has 0 unspecified atom stereocenters. The Balaban J connectivity index is 1.28. The molecule has 0 saturated carbocycles. The van der Waals surface area contributed by atoms with Gasteiger partial charge in [0.1, 0.15) is 4.88 Å². The molecule has 4 rings (SSSR count). The number of benzene rings is 1. The number of carbonyl (C=O) groups excluding carboxylic acids is 1. The highest BCUT2D eigenvalue weighted by atomic mass is 35.5. The molecule has 5 nitrogen and oxygen atoms in total. The fourth-order valence-electron chi connectivity index (χ4n) is 4.41. The number of nitrogens with one attached hydrogen (secondary N) is 1. The van der Waals surface area contributed by atoms with Crippen molar-refractivity contribution in [2.45, 2.75) is 45.2 Å². The van der Waals surface area contributed by atoms with Crippen molar-refractivity contribution < 1.29 is 4.79 Å². The average Bonchev–Trinajstić information content (AvgIpc) is 3.23. The Kier molecular flexibility index (Phi) is 6.73. The maximum Gasteiger partial charge on any atom is 0.263 e. The van der Waals surface area contributed by atoms with E-state index in [1.807, 2.05) is 24.3 Å². The van der Waals surface area contributed by atoms with E-state index in [4.69, 9.17) is 11.6 Å². The van der Waals surface area contributed by atoms with Gasteiger partial charge in [0.05, 0.1) is 6.20 Å². The van der Waals surface area contributed by atoms with Crippen LogP contribution < -0.4 is 10.2 Å². The Hall–Kier alpha value is -1.63. The van der Waals surface area contributed by atoms with Crippen LogP contribution in [-0.2, 0) is 6.54 Å². The first-order valence-corrected chi connectivity index (χ1v) is 11.8. The predicted octanol–water partition coefficient (Wildman–Crippen LogP) is 4.43. The molecule has 1 aromatic carbocycles. The van der Waals surface area contributed by atoms with Crippen molar-refractivity contribution in [2.24, 2.45) is 5.92 Å². The van der Waals surface area contributed by atoms with Crippen molar-refractivity contribution >= 4 is 34.0 Å². The third kappa shape index (κ3) is 5.30. The largest absolute Gasteiger partial charge is 0.348 e. The summed E-state index contributed by atoms with van der Waals surface area (Å²) in [4.78, 5) is 22.7. The van der Waals surface area contributed by atoms with Gasteiger partial charge in [-0.05, 0) is 55.8 Å². The quantitative estimate of drug-likeness (QED) is 0.759. The summed E-state index contributed by atoms with van der Waals surface area (Å²) >= 11 is 7.49. The number of carbonyl (C=O) groups is 1. The molecule has 0 bridgehead atoms. The minimum absolute atomic E-state index is 0.0779. The number of hydrogen-bond acceptors (Lipinski definition) is 5. The van der Waals surface area contributed by atoms with Crippen LogP contribution in [0.2, 0.25) is 5.02 Å². The number of nitrogens with zero attached hydrogens (tertiary/aromatic N) is 3. The maximum atomic E-state index is 12.5. The van der Waals surface area contributed by atoms with E-state index in [9.17, 15) is 4.79 Å². The van der Waals surface area contributed by atoms with Gasteiger partial charge in [-0.15, -0.1) is 0 Å². The SMILES string of the molecule is C[C@@H]1CCCN(C2CCN(c3ncc(C(=O)NCc4cccc(Cl)c4)s3)CC2)C1. The van der Waals surface area contributed by atoms with E-state index >= 15 is 0 Å². The lowest BCUT2D eigenvalue weighted by Gasteiger charge is -2.41. The molecule has 2 fully saturated rings. The Bertz CT molecular complexity index is 834. The van der Waals surface area contributed by atoms with Gasteiger partial charge in [-0.2, -0.15) is 0 Å². The highest BCUT2D eigenvalue weighted by Gasteiger charge is 2.28. The highest BCUT2D eigenvalue weighted by Crippen LogP contribution is 2.28. The summed E-state index contributed by atoms with van der Waals surface area (Å²) in [5.41, 5.74) is 0.990. The molecule has 1 aromatic heterocycles. The molecule has 3 heterocycles. The van der Waals surface area contributed by atoms with Crippen molar-refractivity contribution in [2.75, 3.05) is 31.1 Å². The van der Waals surface area contributed by atoms with Gasteiger partial charge in [-0.25, -0.2) is 4.98 Å². The molecule has 7 heteroatoms. The number of piperidine rings is 2. The molecule has 1 N–H and O–H groups in total. The monoisotopic (exact) mass is 432 g/mol. The zero-order chi connectivity index (χ0) is 20.2. The number of anilines is 1. The molecule has 2 aromatic rings. The molecule has 0 radical (unpaired) electrons. The van der Waals surface area contributed by atoms with Crippen LogP contribution in [-0.4, -0.2) is 48.0 Å². The Morgan fingerprint density at radius 1 is 1.28 bits per heavy atom. The summed E-state index contributed by atoms with van der Waals surface area (Å²) in [6.07, 6.45) is 6.77. The van der Waals surface area contributed by atoms with Gasteiger partial charge in [-0.1, -0.05) is 42.0 Å². The van der Waals surface area contributed by atoms with E-state index in [1.54, 1.807) is 6.20 Å². The number of rotatable bonds is 5. The average molecular weight is 433 g/mol. The normalized spacial score (nSPS) is 21.3. The van der Waals surface area contributed by atoms with Gasteiger partial charge < -0.3 is 10.2 Å². The number of likely N-dealkylation sites (tertiary alicyclic amines) is 1. The highest BCUT2D eigenvalue weighted by molar-refractivity contribution is 7.17. The molecule has 29 heavy (non-hydrogen) atoms.